The molecule has 158 valence electrons. The molecule has 1 fully saturated rings. The number of nitrogens with zero attached hydrogens (tertiary/aromatic N) is 2. The minimum Gasteiger partial charge on any atom is -0.495 e. The summed E-state index contributed by atoms with van der Waals surface area (Å²) < 4.78 is 5.26. The highest BCUT2D eigenvalue weighted by Gasteiger charge is 2.20. The molecule has 2 heterocycles. The third-order valence-electron chi connectivity index (χ3n) is 5.20. The largest absolute Gasteiger partial charge is 0.495 e. The molecule has 4 rings (SSSR count). The first kappa shape index (κ1) is 20.4. The van der Waals surface area contributed by atoms with Gasteiger partial charge in [-0.2, -0.15) is 0 Å². The molecule has 7 nitrogen and oxygen atoms in total. The van der Waals surface area contributed by atoms with E-state index >= 15 is 0 Å². The summed E-state index contributed by atoms with van der Waals surface area (Å²) in [4.78, 5) is 32.0. The van der Waals surface area contributed by atoms with Crippen molar-refractivity contribution >= 4 is 29.0 Å². The Hall–Kier alpha value is -3.87. The first-order chi connectivity index (χ1) is 15.2. The maximum Gasteiger partial charge on any atom is 0.259 e. The maximum atomic E-state index is 12.9. The van der Waals surface area contributed by atoms with Crippen molar-refractivity contribution in [3.63, 3.8) is 0 Å². The highest BCUT2D eigenvalue weighted by atomic mass is 16.5. The van der Waals surface area contributed by atoms with Gasteiger partial charge in [0.15, 0.2) is 0 Å². The van der Waals surface area contributed by atoms with E-state index in [1.54, 1.807) is 61.8 Å². The fraction of sp³-hybridized carbons (Fsp3) is 0.208. The number of rotatable bonds is 6. The number of anilines is 3. The number of aromatic nitrogens is 1. The molecule has 1 saturated heterocycles. The lowest BCUT2D eigenvalue weighted by Gasteiger charge is -2.19. The second kappa shape index (κ2) is 9.30. The fourth-order valence-corrected chi connectivity index (χ4v) is 3.60. The molecule has 0 spiro atoms. The summed E-state index contributed by atoms with van der Waals surface area (Å²) in [5.74, 6) is 0.822. The number of amides is 2. The van der Waals surface area contributed by atoms with Crippen LogP contribution in [0.5, 0.6) is 5.75 Å². The molecular weight excluding hydrogens is 392 g/mol. The Morgan fingerprint density at radius 1 is 0.903 bits per heavy atom. The molecule has 2 N–H and O–H groups in total. The van der Waals surface area contributed by atoms with E-state index in [-0.39, 0.29) is 11.8 Å². The molecule has 2 amide bonds. The van der Waals surface area contributed by atoms with Gasteiger partial charge in [0.1, 0.15) is 11.6 Å². The maximum absolute atomic E-state index is 12.9. The number of hydrogen-bond acceptors (Lipinski definition) is 5. The van der Waals surface area contributed by atoms with Crippen molar-refractivity contribution in [2.45, 2.75) is 12.8 Å². The third-order valence-corrected chi connectivity index (χ3v) is 5.20. The van der Waals surface area contributed by atoms with Gasteiger partial charge in [-0.3, -0.25) is 9.59 Å². The van der Waals surface area contributed by atoms with Crippen LogP contribution in [-0.2, 0) is 0 Å². The Balaban J connectivity index is 1.44. The summed E-state index contributed by atoms with van der Waals surface area (Å²) in [6, 6.07) is 17.5. The first-order valence-electron chi connectivity index (χ1n) is 10.2. The molecule has 3 aromatic rings. The van der Waals surface area contributed by atoms with Crippen LogP contribution in [0.4, 0.5) is 17.2 Å². The summed E-state index contributed by atoms with van der Waals surface area (Å²) in [7, 11) is 1.56. The first-order valence-corrected chi connectivity index (χ1v) is 10.2. The van der Waals surface area contributed by atoms with Crippen LogP contribution in [-0.4, -0.2) is 37.0 Å². The number of carbonyl (C=O) groups excluding carboxylic acids is 2. The van der Waals surface area contributed by atoms with Crippen LogP contribution < -0.4 is 20.3 Å². The van der Waals surface area contributed by atoms with Gasteiger partial charge < -0.3 is 20.3 Å². The minimum atomic E-state index is -0.258. The molecule has 0 radical (unpaired) electrons. The number of para-hydroxylation sites is 2. The van der Waals surface area contributed by atoms with Gasteiger partial charge in [0.25, 0.3) is 11.8 Å². The molecule has 0 aliphatic carbocycles. The van der Waals surface area contributed by atoms with Crippen LogP contribution in [0.1, 0.15) is 33.6 Å². The average molecular weight is 416 g/mol. The van der Waals surface area contributed by atoms with Gasteiger partial charge in [0.05, 0.1) is 18.4 Å². The van der Waals surface area contributed by atoms with Crippen LogP contribution in [0.2, 0.25) is 0 Å². The quantitative estimate of drug-likeness (QED) is 0.629. The Bertz CT molecular complexity index is 1080. The van der Waals surface area contributed by atoms with Crippen molar-refractivity contribution in [3.8, 4) is 5.75 Å². The SMILES string of the molecule is COc1ccccc1NC(=O)c1ccc(NC(=O)c2cccnc2N2CCCC2)cc1. The number of pyridine rings is 1. The highest BCUT2D eigenvalue weighted by molar-refractivity contribution is 6.08. The molecule has 0 bridgehead atoms. The van der Waals surface area contributed by atoms with E-state index < -0.39 is 0 Å². The van der Waals surface area contributed by atoms with Gasteiger partial charge in [0.2, 0.25) is 0 Å². The van der Waals surface area contributed by atoms with E-state index in [1.165, 1.54) is 0 Å². The number of hydrogen-bond donors (Lipinski definition) is 2. The van der Waals surface area contributed by atoms with Crippen molar-refractivity contribution in [1.82, 2.24) is 4.98 Å². The van der Waals surface area contributed by atoms with E-state index in [2.05, 4.69) is 20.5 Å². The van der Waals surface area contributed by atoms with Crippen LogP contribution in [0.15, 0.2) is 66.9 Å². The van der Waals surface area contributed by atoms with Crippen LogP contribution in [0.3, 0.4) is 0 Å². The topological polar surface area (TPSA) is 83.6 Å². The van der Waals surface area contributed by atoms with Gasteiger partial charge >= 0.3 is 0 Å². The Labute approximate surface area is 181 Å². The van der Waals surface area contributed by atoms with E-state index in [0.717, 1.165) is 25.9 Å². The van der Waals surface area contributed by atoms with Crippen molar-refractivity contribution in [2.24, 2.45) is 0 Å². The fourth-order valence-electron chi connectivity index (χ4n) is 3.60. The van der Waals surface area contributed by atoms with Crippen molar-refractivity contribution in [2.75, 3.05) is 35.7 Å². The summed E-state index contributed by atoms with van der Waals surface area (Å²) in [6.07, 6.45) is 3.92. The average Bonchev–Trinajstić information content (AvgIpc) is 3.35. The lowest BCUT2D eigenvalue weighted by atomic mass is 10.1. The lowest BCUT2D eigenvalue weighted by molar-refractivity contribution is 0.101. The zero-order valence-corrected chi connectivity index (χ0v) is 17.3. The Morgan fingerprint density at radius 2 is 1.65 bits per heavy atom. The Morgan fingerprint density at radius 3 is 2.39 bits per heavy atom. The van der Waals surface area contributed by atoms with Gasteiger partial charge in [-0.1, -0.05) is 12.1 Å². The number of ether oxygens (including phenoxy) is 1. The van der Waals surface area contributed by atoms with Gasteiger partial charge in [-0.05, 0) is 61.4 Å². The van der Waals surface area contributed by atoms with Crippen molar-refractivity contribution < 1.29 is 14.3 Å². The van der Waals surface area contributed by atoms with Gasteiger partial charge in [0, 0.05) is 30.5 Å². The minimum absolute atomic E-state index is 0.221. The van der Waals surface area contributed by atoms with Crippen molar-refractivity contribution in [3.05, 3.63) is 78.0 Å². The smallest absolute Gasteiger partial charge is 0.259 e. The van der Waals surface area contributed by atoms with E-state index in [9.17, 15) is 9.59 Å². The van der Waals surface area contributed by atoms with E-state index in [1.807, 2.05) is 12.1 Å². The zero-order chi connectivity index (χ0) is 21.6. The predicted molar refractivity (Wildman–Crippen MR) is 121 cm³/mol. The standard InChI is InChI=1S/C24H24N4O3/c1-31-21-9-3-2-8-20(21)27-23(29)17-10-12-18(13-11-17)26-24(30)19-7-6-14-25-22(19)28-15-4-5-16-28/h2-3,6-14H,4-5,15-16H2,1H3,(H,26,30)(H,27,29). The van der Waals surface area contributed by atoms with Crippen LogP contribution >= 0.6 is 0 Å². The summed E-state index contributed by atoms with van der Waals surface area (Å²) in [6.45, 7) is 1.82. The van der Waals surface area contributed by atoms with E-state index in [0.29, 0.717) is 34.1 Å². The lowest BCUT2D eigenvalue weighted by Crippen LogP contribution is -2.24. The number of methoxy groups -OCH3 is 1. The number of carbonyl (C=O) groups is 2. The summed E-state index contributed by atoms with van der Waals surface area (Å²) in [5, 5.41) is 5.74. The summed E-state index contributed by atoms with van der Waals surface area (Å²) >= 11 is 0. The molecule has 0 atom stereocenters. The number of benzene rings is 2. The molecule has 0 unspecified atom stereocenters. The predicted octanol–water partition coefficient (Wildman–Crippen LogP) is 4.20. The molecule has 2 aromatic carbocycles. The Kier molecular flexibility index (Phi) is 6.12. The third kappa shape index (κ3) is 4.66. The molecule has 1 aliphatic rings. The molecule has 1 aliphatic heterocycles. The molecule has 7 heteroatoms. The van der Waals surface area contributed by atoms with Gasteiger partial charge in [-0.25, -0.2) is 4.98 Å². The van der Waals surface area contributed by atoms with E-state index in [4.69, 9.17) is 4.74 Å². The monoisotopic (exact) mass is 416 g/mol. The van der Waals surface area contributed by atoms with Crippen LogP contribution in [0.25, 0.3) is 0 Å². The normalized spacial score (nSPS) is 13.0. The molecule has 0 saturated carbocycles. The molecule has 1 aromatic heterocycles. The number of nitrogens with one attached hydrogen (secondary N) is 2. The molecule has 31 heavy (non-hydrogen) atoms. The molecular formula is C24H24N4O3. The summed E-state index contributed by atoms with van der Waals surface area (Å²) in [5.41, 5.74) is 2.22. The second-order valence-electron chi connectivity index (χ2n) is 7.25. The van der Waals surface area contributed by atoms with Gasteiger partial charge in [-0.15, -0.1) is 0 Å². The van der Waals surface area contributed by atoms with Crippen molar-refractivity contribution in [1.29, 1.82) is 0 Å². The van der Waals surface area contributed by atoms with Crippen LogP contribution in [0, 0.1) is 0 Å². The second-order valence-corrected chi connectivity index (χ2v) is 7.25. The zero-order valence-electron chi connectivity index (χ0n) is 17.3. The highest BCUT2D eigenvalue weighted by Crippen LogP contribution is 2.25.